The molecule has 1 amide bonds. The van der Waals surface area contributed by atoms with E-state index in [9.17, 15) is 4.79 Å². The van der Waals surface area contributed by atoms with Gasteiger partial charge in [-0.3, -0.25) is 4.79 Å². The summed E-state index contributed by atoms with van der Waals surface area (Å²) in [7, 11) is 3.11. The van der Waals surface area contributed by atoms with E-state index in [-0.39, 0.29) is 11.9 Å². The molecule has 0 bridgehead atoms. The predicted octanol–water partition coefficient (Wildman–Crippen LogP) is 0.487. The summed E-state index contributed by atoms with van der Waals surface area (Å²) < 4.78 is 10.3. The lowest BCUT2D eigenvalue weighted by Gasteiger charge is -2.37. The van der Waals surface area contributed by atoms with E-state index in [1.807, 2.05) is 0 Å². The monoisotopic (exact) mass is 236 g/mol. The van der Waals surface area contributed by atoms with E-state index >= 15 is 0 Å². The molecule has 0 aromatic heterocycles. The van der Waals surface area contributed by atoms with E-state index in [0.29, 0.717) is 30.2 Å². The highest BCUT2D eigenvalue weighted by atomic mass is 16.5. The van der Waals surface area contributed by atoms with E-state index in [1.165, 1.54) is 7.11 Å². The Hall–Kier alpha value is -1.75. The number of carbonyl (C=O) groups excluding carboxylic acids is 1. The van der Waals surface area contributed by atoms with Crippen molar-refractivity contribution in [3.8, 4) is 11.5 Å². The maximum Gasteiger partial charge on any atom is 0.257 e. The fourth-order valence-corrected chi connectivity index (χ4v) is 1.82. The van der Waals surface area contributed by atoms with E-state index in [1.54, 1.807) is 30.2 Å². The summed E-state index contributed by atoms with van der Waals surface area (Å²) in [5.41, 5.74) is 6.20. The van der Waals surface area contributed by atoms with Gasteiger partial charge >= 0.3 is 0 Å². The van der Waals surface area contributed by atoms with Gasteiger partial charge in [-0.15, -0.1) is 0 Å². The van der Waals surface area contributed by atoms with Crippen LogP contribution in [0.5, 0.6) is 11.5 Å². The van der Waals surface area contributed by atoms with Crippen LogP contribution in [0, 0.1) is 0 Å². The molecule has 2 N–H and O–H groups in total. The molecule has 1 aliphatic heterocycles. The number of benzene rings is 1. The average Bonchev–Trinajstić information content (AvgIpc) is 2.33. The lowest BCUT2D eigenvalue weighted by Crippen LogP contribution is -2.57. The highest BCUT2D eigenvalue weighted by Gasteiger charge is 2.29. The lowest BCUT2D eigenvalue weighted by atomic mass is 10.1. The van der Waals surface area contributed by atoms with Crippen molar-refractivity contribution in [1.29, 1.82) is 0 Å². The standard InChI is InChI=1S/C12H16N2O3/c1-16-9-3-4-10(11(5-9)17-2)12(15)14-6-8(13)7-14/h3-5,8H,6-7,13H2,1-2H3. The van der Waals surface area contributed by atoms with Gasteiger partial charge in [0.1, 0.15) is 11.5 Å². The normalized spacial score (nSPS) is 15.4. The minimum atomic E-state index is -0.0498. The summed E-state index contributed by atoms with van der Waals surface area (Å²) in [6.45, 7) is 1.21. The molecular formula is C12H16N2O3. The molecule has 1 heterocycles. The number of carbonyl (C=O) groups is 1. The third-order valence-corrected chi connectivity index (χ3v) is 2.84. The largest absolute Gasteiger partial charge is 0.497 e. The van der Waals surface area contributed by atoms with Crippen LogP contribution in [-0.2, 0) is 0 Å². The molecule has 1 saturated heterocycles. The number of ether oxygens (including phenoxy) is 2. The molecular weight excluding hydrogens is 220 g/mol. The Morgan fingerprint density at radius 2 is 2.06 bits per heavy atom. The number of amides is 1. The fourth-order valence-electron chi connectivity index (χ4n) is 1.82. The van der Waals surface area contributed by atoms with E-state index < -0.39 is 0 Å². The second kappa shape index (κ2) is 4.63. The second-order valence-corrected chi connectivity index (χ2v) is 4.04. The third-order valence-electron chi connectivity index (χ3n) is 2.84. The highest BCUT2D eigenvalue weighted by Crippen LogP contribution is 2.26. The molecule has 1 fully saturated rings. The van der Waals surface area contributed by atoms with Gasteiger partial charge in [0.05, 0.1) is 19.8 Å². The first-order valence-corrected chi connectivity index (χ1v) is 5.42. The van der Waals surface area contributed by atoms with Crippen molar-refractivity contribution in [3.63, 3.8) is 0 Å². The first kappa shape index (κ1) is 11.7. The zero-order chi connectivity index (χ0) is 12.4. The van der Waals surface area contributed by atoms with E-state index in [2.05, 4.69) is 0 Å². The number of likely N-dealkylation sites (tertiary alicyclic amines) is 1. The van der Waals surface area contributed by atoms with E-state index in [0.717, 1.165) is 0 Å². The highest BCUT2D eigenvalue weighted by molar-refractivity contribution is 5.97. The van der Waals surface area contributed by atoms with Gasteiger partial charge in [-0.25, -0.2) is 0 Å². The number of rotatable bonds is 3. The Bertz CT molecular complexity index is 428. The fraction of sp³-hybridized carbons (Fsp3) is 0.417. The van der Waals surface area contributed by atoms with Crippen LogP contribution in [0.15, 0.2) is 18.2 Å². The second-order valence-electron chi connectivity index (χ2n) is 4.04. The van der Waals surface area contributed by atoms with Crippen LogP contribution in [0.3, 0.4) is 0 Å². The first-order chi connectivity index (χ1) is 8.15. The maximum atomic E-state index is 12.1. The molecule has 0 saturated carbocycles. The smallest absolute Gasteiger partial charge is 0.257 e. The topological polar surface area (TPSA) is 64.8 Å². The van der Waals surface area contributed by atoms with Crippen molar-refractivity contribution >= 4 is 5.91 Å². The van der Waals surface area contributed by atoms with Gasteiger partial charge in [-0.2, -0.15) is 0 Å². The molecule has 0 aliphatic carbocycles. The number of nitrogens with two attached hydrogens (primary N) is 1. The van der Waals surface area contributed by atoms with Crippen molar-refractivity contribution < 1.29 is 14.3 Å². The molecule has 5 nitrogen and oxygen atoms in total. The van der Waals surface area contributed by atoms with Crippen LogP contribution in [0.2, 0.25) is 0 Å². The minimum Gasteiger partial charge on any atom is -0.497 e. The van der Waals surface area contributed by atoms with Crippen LogP contribution in [-0.4, -0.2) is 44.2 Å². The molecule has 5 heteroatoms. The third kappa shape index (κ3) is 2.19. The Labute approximate surface area is 100 Å². The van der Waals surface area contributed by atoms with Crippen molar-refractivity contribution in [3.05, 3.63) is 23.8 Å². The molecule has 1 aromatic carbocycles. The van der Waals surface area contributed by atoms with Crippen LogP contribution in [0.4, 0.5) is 0 Å². The average molecular weight is 236 g/mol. The number of methoxy groups -OCH3 is 2. The zero-order valence-corrected chi connectivity index (χ0v) is 9.97. The molecule has 17 heavy (non-hydrogen) atoms. The van der Waals surface area contributed by atoms with Crippen LogP contribution in [0.25, 0.3) is 0 Å². The van der Waals surface area contributed by atoms with Crippen LogP contribution in [0.1, 0.15) is 10.4 Å². The molecule has 1 aliphatic rings. The molecule has 0 atom stereocenters. The van der Waals surface area contributed by atoms with Crippen molar-refractivity contribution in [1.82, 2.24) is 4.90 Å². The van der Waals surface area contributed by atoms with Gasteiger partial charge in [-0.1, -0.05) is 0 Å². The summed E-state index contributed by atoms with van der Waals surface area (Å²) in [6, 6.07) is 5.26. The SMILES string of the molecule is COc1ccc(C(=O)N2CC(N)C2)c(OC)c1. The molecule has 0 spiro atoms. The molecule has 2 rings (SSSR count). The van der Waals surface area contributed by atoms with Crippen LogP contribution >= 0.6 is 0 Å². The van der Waals surface area contributed by atoms with Gasteiger partial charge in [0, 0.05) is 25.2 Å². The van der Waals surface area contributed by atoms with Gasteiger partial charge in [-0.05, 0) is 12.1 Å². The summed E-state index contributed by atoms with van der Waals surface area (Å²) in [6.07, 6.45) is 0. The first-order valence-electron chi connectivity index (χ1n) is 5.42. The van der Waals surface area contributed by atoms with Gasteiger partial charge in [0.25, 0.3) is 5.91 Å². The number of hydrogen-bond donors (Lipinski definition) is 1. The van der Waals surface area contributed by atoms with Gasteiger partial charge in [0.15, 0.2) is 0 Å². The number of nitrogens with zero attached hydrogens (tertiary/aromatic N) is 1. The summed E-state index contributed by atoms with van der Waals surface area (Å²) in [5.74, 6) is 1.14. The quantitative estimate of drug-likeness (QED) is 0.829. The Morgan fingerprint density at radius 3 is 2.59 bits per heavy atom. The lowest BCUT2D eigenvalue weighted by molar-refractivity contribution is 0.0604. The van der Waals surface area contributed by atoms with Crippen LogP contribution < -0.4 is 15.2 Å². The molecule has 0 radical (unpaired) electrons. The summed E-state index contributed by atoms with van der Waals surface area (Å²) in [5, 5.41) is 0. The van der Waals surface area contributed by atoms with Gasteiger partial charge in [0.2, 0.25) is 0 Å². The molecule has 1 aromatic rings. The zero-order valence-electron chi connectivity index (χ0n) is 9.97. The molecule has 92 valence electrons. The summed E-state index contributed by atoms with van der Waals surface area (Å²) in [4.78, 5) is 13.8. The number of hydrogen-bond acceptors (Lipinski definition) is 4. The molecule has 0 unspecified atom stereocenters. The van der Waals surface area contributed by atoms with Crippen molar-refractivity contribution in [2.75, 3.05) is 27.3 Å². The Balaban J connectivity index is 2.22. The minimum absolute atomic E-state index is 0.0498. The Kier molecular flexibility index (Phi) is 3.19. The van der Waals surface area contributed by atoms with E-state index in [4.69, 9.17) is 15.2 Å². The van der Waals surface area contributed by atoms with Crippen molar-refractivity contribution in [2.24, 2.45) is 5.73 Å². The Morgan fingerprint density at radius 1 is 1.35 bits per heavy atom. The maximum absolute atomic E-state index is 12.1. The van der Waals surface area contributed by atoms with Crippen molar-refractivity contribution in [2.45, 2.75) is 6.04 Å². The summed E-state index contributed by atoms with van der Waals surface area (Å²) >= 11 is 0. The van der Waals surface area contributed by atoms with Gasteiger partial charge < -0.3 is 20.1 Å². The predicted molar refractivity (Wildman–Crippen MR) is 63.4 cm³/mol.